The van der Waals surface area contributed by atoms with Gasteiger partial charge in [0.15, 0.2) is 6.19 Å². The van der Waals surface area contributed by atoms with Gasteiger partial charge in [-0.2, -0.15) is 5.26 Å². The molecule has 1 aromatic heterocycles. The van der Waals surface area contributed by atoms with Gasteiger partial charge in [-0.1, -0.05) is 37.3 Å². The van der Waals surface area contributed by atoms with Crippen molar-refractivity contribution in [2.45, 2.75) is 19.4 Å². The minimum atomic E-state index is -0.0358. The molecule has 6 nitrogen and oxygen atoms in total. The molecule has 1 heterocycles. The number of nitrogen functional groups attached to an aromatic ring is 1. The highest BCUT2D eigenvalue weighted by Gasteiger charge is 2.09. The second-order valence-corrected chi connectivity index (χ2v) is 4.65. The second kappa shape index (κ2) is 7.64. The number of hydrogen-bond donors (Lipinski definition) is 3. The maximum Gasteiger partial charge on any atom is 0.209 e. The van der Waals surface area contributed by atoms with Gasteiger partial charge in [0.25, 0.3) is 0 Å². The monoisotopic (exact) mass is 294 g/mol. The van der Waals surface area contributed by atoms with Crippen molar-refractivity contribution in [3.8, 4) is 6.19 Å². The SMILES string of the molecule is CC[C@@H](N=C(NC#N)Nc1ccc(N)nc1)c1ccccc1. The average Bonchev–Trinajstić information content (AvgIpc) is 2.55. The van der Waals surface area contributed by atoms with Crippen molar-refractivity contribution in [1.82, 2.24) is 10.3 Å². The predicted octanol–water partition coefficient (Wildman–Crippen LogP) is 2.65. The van der Waals surface area contributed by atoms with Gasteiger partial charge < -0.3 is 11.1 Å². The first-order chi connectivity index (χ1) is 10.7. The van der Waals surface area contributed by atoms with Crippen LogP contribution in [-0.2, 0) is 0 Å². The van der Waals surface area contributed by atoms with E-state index in [9.17, 15) is 0 Å². The summed E-state index contributed by atoms with van der Waals surface area (Å²) in [6, 6.07) is 13.4. The molecule has 112 valence electrons. The molecule has 0 saturated heterocycles. The maximum atomic E-state index is 8.90. The number of pyridine rings is 1. The van der Waals surface area contributed by atoms with Crippen LogP contribution in [0.3, 0.4) is 0 Å². The van der Waals surface area contributed by atoms with E-state index in [0.29, 0.717) is 17.5 Å². The predicted molar refractivity (Wildman–Crippen MR) is 87.9 cm³/mol. The highest BCUT2D eigenvalue weighted by molar-refractivity contribution is 5.94. The quantitative estimate of drug-likeness (QED) is 0.348. The second-order valence-electron chi connectivity index (χ2n) is 4.65. The topological polar surface area (TPSA) is 99.1 Å². The van der Waals surface area contributed by atoms with Crippen LogP contribution in [0, 0.1) is 11.5 Å². The van der Waals surface area contributed by atoms with Crippen molar-refractivity contribution >= 4 is 17.5 Å². The summed E-state index contributed by atoms with van der Waals surface area (Å²) in [5, 5.41) is 14.5. The molecule has 0 fully saturated rings. The maximum absolute atomic E-state index is 8.90. The third kappa shape index (κ3) is 4.21. The molecule has 1 aromatic carbocycles. The Bertz CT molecular complexity index is 657. The number of benzene rings is 1. The van der Waals surface area contributed by atoms with Crippen LogP contribution in [0.5, 0.6) is 0 Å². The Morgan fingerprint density at radius 2 is 2.09 bits per heavy atom. The van der Waals surface area contributed by atoms with Gasteiger partial charge in [0.2, 0.25) is 5.96 Å². The smallest absolute Gasteiger partial charge is 0.209 e. The Hall–Kier alpha value is -3.07. The molecule has 0 aliphatic heterocycles. The van der Waals surface area contributed by atoms with Crippen molar-refractivity contribution in [3.05, 3.63) is 54.2 Å². The molecule has 0 saturated carbocycles. The fourth-order valence-electron chi connectivity index (χ4n) is 2.00. The lowest BCUT2D eigenvalue weighted by Gasteiger charge is -2.14. The van der Waals surface area contributed by atoms with E-state index < -0.39 is 0 Å². The molecule has 0 amide bonds. The molecule has 2 rings (SSSR count). The van der Waals surface area contributed by atoms with Crippen LogP contribution in [0.2, 0.25) is 0 Å². The fraction of sp³-hybridized carbons (Fsp3) is 0.188. The number of nitriles is 1. The number of anilines is 2. The first-order valence-electron chi connectivity index (χ1n) is 6.99. The van der Waals surface area contributed by atoms with Crippen molar-refractivity contribution in [2.24, 2.45) is 4.99 Å². The highest BCUT2D eigenvalue weighted by atomic mass is 15.2. The lowest BCUT2D eigenvalue weighted by molar-refractivity contribution is 0.698. The third-order valence-electron chi connectivity index (χ3n) is 3.08. The van der Waals surface area contributed by atoms with E-state index in [1.807, 2.05) is 36.5 Å². The number of nitrogens with two attached hydrogens (primary N) is 1. The molecule has 0 aliphatic rings. The zero-order valence-electron chi connectivity index (χ0n) is 12.3. The summed E-state index contributed by atoms with van der Waals surface area (Å²) >= 11 is 0. The largest absolute Gasteiger partial charge is 0.384 e. The van der Waals surface area contributed by atoms with Crippen LogP contribution in [-0.4, -0.2) is 10.9 Å². The molecule has 4 N–H and O–H groups in total. The van der Waals surface area contributed by atoms with Gasteiger partial charge in [0.1, 0.15) is 5.82 Å². The van der Waals surface area contributed by atoms with E-state index in [0.717, 1.165) is 12.0 Å². The van der Waals surface area contributed by atoms with E-state index >= 15 is 0 Å². The first-order valence-corrected chi connectivity index (χ1v) is 6.99. The molecule has 2 aromatic rings. The molecule has 0 bridgehead atoms. The van der Waals surface area contributed by atoms with Crippen molar-refractivity contribution < 1.29 is 0 Å². The molecule has 0 unspecified atom stereocenters. The highest BCUT2D eigenvalue weighted by Crippen LogP contribution is 2.20. The van der Waals surface area contributed by atoms with Crippen LogP contribution < -0.4 is 16.4 Å². The molecule has 0 radical (unpaired) electrons. The van der Waals surface area contributed by atoms with Gasteiger partial charge in [-0.3, -0.25) is 5.32 Å². The number of aromatic nitrogens is 1. The molecule has 0 aliphatic carbocycles. The van der Waals surface area contributed by atoms with Gasteiger partial charge in [0, 0.05) is 0 Å². The number of hydrogen-bond acceptors (Lipinski definition) is 4. The molecular formula is C16H18N6. The van der Waals surface area contributed by atoms with Gasteiger partial charge in [0.05, 0.1) is 17.9 Å². The van der Waals surface area contributed by atoms with Gasteiger partial charge >= 0.3 is 0 Å². The molecule has 22 heavy (non-hydrogen) atoms. The zero-order chi connectivity index (χ0) is 15.8. The Morgan fingerprint density at radius 1 is 1.32 bits per heavy atom. The van der Waals surface area contributed by atoms with Crippen molar-refractivity contribution in [3.63, 3.8) is 0 Å². The lowest BCUT2D eigenvalue weighted by Crippen LogP contribution is -2.27. The normalized spacial score (nSPS) is 12.3. The number of rotatable bonds is 4. The van der Waals surface area contributed by atoms with Gasteiger partial charge in [-0.15, -0.1) is 0 Å². The minimum Gasteiger partial charge on any atom is -0.384 e. The Labute approximate surface area is 129 Å². The standard InChI is InChI=1S/C16H18N6/c1-2-14(12-6-4-3-5-7-12)22-16(20-11-17)21-13-8-9-15(18)19-10-13/h3-10,14H,2H2,1H3,(H2,18,19)(H2,20,21,22)/t14-/m1/s1. The fourth-order valence-corrected chi connectivity index (χ4v) is 2.00. The lowest BCUT2D eigenvalue weighted by atomic mass is 10.1. The summed E-state index contributed by atoms with van der Waals surface area (Å²) in [7, 11) is 0. The van der Waals surface area contributed by atoms with E-state index in [4.69, 9.17) is 11.0 Å². The minimum absolute atomic E-state index is 0.0358. The molecular weight excluding hydrogens is 276 g/mol. The van der Waals surface area contributed by atoms with E-state index in [1.54, 1.807) is 18.3 Å². The Morgan fingerprint density at radius 3 is 2.68 bits per heavy atom. The van der Waals surface area contributed by atoms with Crippen LogP contribution in [0.1, 0.15) is 24.9 Å². The van der Waals surface area contributed by atoms with Crippen molar-refractivity contribution in [2.75, 3.05) is 11.1 Å². The summed E-state index contributed by atoms with van der Waals surface area (Å²) in [5.74, 6) is 0.817. The number of guanidine groups is 1. The average molecular weight is 294 g/mol. The van der Waals surface area contributed by atoms with E-state index in [2.05, 4.69) is 27.5 Å². The zero-order valence-corrected chi connectivity index (χ0v) is 12.3. The van der Waals surface area contributed by atoms with Gasteiger partial charge in [-0.25, -0.2) is 9.98 Å². The summed E-state index contributed by atoms with van der Waals surface area (Å²) in [6.07, 6.45) is 4.30. The summed E-state index contributed by atoms with van der Waals surface area (Å²) < 4.78 is 0. The number of nitrogens with one attached hydrogen (secondary N) is 2. The summed E-state index contributed by atoms with van der Waals surface area (Å²) in [5.41, 5.74) is 7.36. The van der Waals surface area contributed by atoms with E-state index in [1.165, 1.54) is 0 Å². The molecule has 6 heteroatoms. The van der Waals surface area contributed by atoms with Crippen LogP contribution in [0.15, 0.2) is 53.7 Å². The van der Waals surface area contributed by atoms with Crippen molar-refractivity contribution in [1.29, 1.82) is 5.26 Å². The van der Waals surface area contributed by atoms with Crippen LogP contribution in [0.25, 0.3) is 0 Å². The summed E-state index contributed by atoms with van der Waals surface area (Å²) in [4.78, 5) is 8.58. The number of nitrogens with zero attached hydrogens (tertiary/aromatic N) is 3. The van der Waals surface area contributed by atoms with E-state index in [-0.39, 0.29) is 6.04 Å². The Kier molecular flexibility index (Phi) is 5.32. The number of aliphatic imine (C=N–C) groups is 1. The van der Waals surface area contributed by atoms with Crippen LogP contribution in [0.4, 0.5) is 11.5 Å². The van der Waals surface area contributed by atoms with Gasteiger partial charge in [-0.05, 0) is 24.1 Å². The molecule has 1 atom stereocenters. The third-order valence-corrected chi connectivity index (χ3v) is 3.08. The van der Waals surface area contributed by atoms with Crippen LogP contribution >= 0.6 is 0 Å². The first kappa shape index (κ1) is 15.3. The Balaban J connectivity index is 2.21. The summed E-state index contributed by atoms with van der Waals surface area (Å²) in [6.45, 7) is 2.05. The molecule has 0 spiro atoms.